The minimum atomic E-state index is -0.186. The monoisotopic (exact) mass is 701 g/mol. The molecule has 0 aliphatic carbocycles. The van der Waals surface area contributed by atoms with Gasteiger partial charge in [-0.3, -0.25) is 5.32 Å². The number of carbonyl (C=O) groups excluding carboxylic acids is 1. The number of fused-ring (bicyclic) bond motifs is 1. The number of aromatic nitrogens is 1. The van der Waals surface area contributed by atoms with Gasteiger partial charge in [-0.05, 0) is 80.3 Å². The fraction of sp³-hybridized carbons (Fsp3) is 0.487. The SMILES string of the molecule is COc1ccc(N2CCOCC2)c2sc(NC(=O)N3CCC(CO)(Cc4ccccc4)CC3)nc12.OCC1(Cc2ccccc2)CCNCC1. The zero-order valence-electron chi connectivity index (χ0n) is 29.1. The number of thiazole rings is 1. The Kier molecular flexibility index (Phi) is 12.2. The van der Waals surface area contributed by atoms with Gasteiger partial charge in [0.15, 0.2) is 5.13 Å². The lowest BCUT2D eigenvalue weighted by Gasteiger charge is -2.40. The van der Waals surface area contributed by atoms with Gasteiger partial charge in [0.2, 0.25) is 0 Å². The number of hydrogen-bond donors (Lipinski definition) is 4. The Hall–Kier alpha value is -3.74. The van der Waals surface area contributed by atoms with E-state index in [-0.39, 0.29) is 23.5 Å². The lowest BCUT2D eigenvalue weighted by molar-refractivity contribution is 0.0575. The fourth-order valence-electron chi connectivity index (χ4n) is 7.39. The lowest BCUT2D eigenvalue weighted by atomic mass is 9.74. The quantitative estimate of drug-likeness (QED) is 0.179. The Morgan fingerprint density at radius 1 is 0.860 bits per heavy atom. The van der Waals surface area contributed by atoms with Gasteiger partial charge < -0.3 is 34.8 Å². The van der Waals surface area contributed by atoms with Crippen LogP contribution in [0.3, 0.4) is 0 Å². The van der Waals surface area contributed by atoms with Crippen molar-refractivity contribution in [3.8, 4) is 5.75 Å². The Morgan fingerprint density at radius 2 is 1.44 bits per heavy atom. The maximum absolute atomic E-state index is 13.1. The Bertz CT molecular complexity index is 1650. The van der Waals surface area contributed by atoms with Crippen molar-refractivity contribution in [3.05, 3.63) is 83.9 Å². The number of likely N-dealkylation sites (tertiary alicyclic amines) is 1. The molecule has 4 aromatic rings. The molecule has 3 fully saturated rings. The first-order valence-electron chi connectivity index (χ1n) is 17.8. The van der Waals surface area contributed by atoms with Crippen LogP contribution in [0, 0.1) is 10.8 Å². The Morgan fingerprint density at radius 3 is 2.00 bits per heavy atom. The number of nitrogens with zero attached hydrogens (tertiary/aromatic N) is 3. The highest BCUT2D eigenvalue weighted by molar-refractivity contribution is 7.23. The molecule has 0 atom stereocenters. The topological polar surface area (TPSA) is 119 Å². The number of anilines is 2. The first kappa shape index (κ1) is 36.1. The molecule has 11 heteroatoms. The predicted octanol–water partition coefficient (Wildman–Crippen LogP) is 5.58. The highest BCUT2D eigenvalue weighted by Gasteiger charge is 2.36. The molecule has 0 saturated carbocycles. The van der Waals surface area contributed by atoms with Crippen molar-refractivity contribution in [2.24, 2.45) is 10.8 Å². The van der Waals surface area contributed by atoms with Crippen LogP contribution in [0.4, 0.5) is 15.6 Å². The number of benzene rings is 3. The van der Waals surface area contributed by atoms with Gasteiger partial charge in [-0.1, -0.05) is 72.0 Å². The van der Waals surface area contributed by atoms with Crippen LogP contribution in [0.2, 0.25) is 0 Å². The summed E-state index contributed by atoms with van der Waals surface area (Å²) in [6.07, 6.45) is 5.52. The minimum absolute atomic E-state index is 0.118. The average Bonchev–Trinajstić information content (AvgIpc) is 3.60. The van der Waals surface area contributed by atoms with Crippen LogP contribution in [0.25, 0.3) is 10.2 Å². The second kappa shape index (κ2) is 17.0. The lowest BCUT2D eigenvalue weighted by Crippen LogP contribution is -2.47. The van der Waals surface area contributed by atoms with Gasteiger partial charge in [-0.2, -0.15) is 0 Å². The van der Waals surface area contributed by atoms with Crippen LogP contribution in [0.5, 0.6) is 5.75 Å². The third kappa shape index (κ3) is 8.76. The molecule has 0 spiro atoms. The number of nitrogens with one attached hydrogen (secondary N) is 2. The second-order valence-corrected chi connectivity index (χ2v) is 14.9. The number of amides is 2. The molecule has 0 radical (unpaired) electrons. The van der Waals surface area contributed by atoms with E-state index in [0.29, 0.717) is 43.8 Å². The van der Waals surface area contributed by atoms with Crippen LogP contribution < -0.4 is 20.3 Å². The number of rotatable bonds is 9. The highest BCUT2D eigenvalue weighted by Crippen LogP contribution is 2.40. The summed E-state index contributed by atoms with van der Waals surface area (Å²) in [5.41, 5.74) is 4.35. The largest absolute Gasteiger partial charge is 0.494 e. The van der Waals surface area contributed by atoms with E-state index < -0.39 is 0 Å². The molecule has 7 rings (SSSR count). The molecule has 0 unspecified atom stereocenters. The predicted molar refractivity (Wildman–Crippen MR) is 200 cm³/mol. The first-order valence-corrected chi connectivity index (χ1v) is 18.6. The molecule has 3 aliphatic heterocycles. The van der Waals surface area contributed by atoms with Crippen molar-refractivity contribution in [2.45, 2.75) is 38.5 Å². The summed E-state index contributed by atoms with van der Waals surface area (Å²) in [6.45, 7) is 6.76. The minimum Gasteiger partial charge on any atom is -0.494 e. The van der Waals surface area contributed by atoms with E-state index in [2.05, 4.69) is 58.0 Å². The molecule has 3 aromatic carbocycles. The number of piperidine rings is 2. The summed E-state index contributed by atoms with van der Waals surface area (Å²) >= 11 is 1.47. The van der Waals surface area contributed by atoms with Crippen molar-refractivity contribution in [2.75, 3.05) is 83.0 Å². The molecular weight excluding hydrogens is 651 g/mol. The number of methoxy groups -OCH3 is 1. The standard InChI is InChI=1S/C26H32N4O4S.C13H19NO/c1-33-21-8-7-20(29-13-15-34-16-14-29)23-22(21)27-24(35-23)28-25(32)30-11-9-26(18-31,10-12-30)17-19-5-3-2-4-6-19;15-11-13(6-8-14-9-7-13)10-12-4-2-1-3-5-12/h2-8,31H,9-18H2,1H3,(H,27,28,32);1-5,14-15H,6-11H2. The third-order valence-electron chi connectivity index (χ3n) is 10.6. The zero-order valence-corrected chi connectivity index (χ0v) is 29.9. The van der Waals surface area contributed by atoms with E-state index in [0.717, 1.165) is 80.6 Å². The van der Waals surface area contributed by atoms with E-state index in [1.165, 1.54) is 22.5 Å². The van der Waals surface area contributed by atoms with Gasteiger partial charge in [0, 0.05) is 44.8 Å². The van der Waals surface area contributed by atoms with Gasteiger partial charge in [0.05, 0.1) is 30.7 Å². The number of urea groups is 1. The summed E-state index contributed by atoms with van der Waals surface area (Å²) in [6, 6.07) is 24.6. The number of aliphatic hydroxyl groups excluding tert-OH is 2. The summed E-state index contributed by atoms with van der Waals surface area (Å²) in [5.74, 6) is 0.695. The molecule has 4 heterocycles. The van der Waals surface area contributed by atoms with Crippen molar-refractivity contribution in [1.29, 1.82) is 0 Å². The van der Waals surface area contributed by atoms with E-state index in [1.54, 1.807) is 7.11 Å². The highest BCUT2D eigenvalue weighted by atomic mass is 32.1. The molecular formula is C39H51N5O5S. The molecule has 4 N–H and O–H groups in total. The second-order valence-electron chi connectivity index (χ2n) is 13.9. The molecule has 268 valence electrons. The number of hydrogen-bond acceptors (Lipinski definition) is 9. The van der Waals surface area contributed by atoms with Crippen molar-refractivity contribution in [3.63, 3.8) is 0 Å². The molecule has 3 saturated heterocycles. The Balaban J connectivity index is 0.000000240. The number of ether oxygens (including phenoxy) is 2. The van der Waals surface area contributed by atoms with E-state index in [4.69, 9.17) is 14.5 Å². The van der Waals surface area contributed by atoms with Crippen molar-refractivity contribution in [1.82, 2.24) is 15.2 Å². The van der Waals surface area contributed by atoms with Crippen molar-refractivity contribution >= 4 is 38.4 Å². The molecule has 50 heavy (non-hydrogen) atoms. The van der Waals surface area contributed by atoms with E-state index in [9.17, 15) is 15.0 Å². The van der Waals surface area contributed by atoms with E-state index >= 15 is 0 Å². The van der Waals surface area contributed by atoms with Crippen LogP contribution in [0.15, 0.2) is 72.8 Å². The molecule has 2 amide bonds. The van der Waals surface area contributed by atoms with Crippen LogP contribution >= 0.6 is 11.3 Å². The molecule has 10 nitrogen and oxygen atoms in total. The molecule has 1 aromatic heterocycles. The van der Waals surface area contributed by atoms with Gasteiger partial charge in [0.1, 0.15) is 11.3 Å². The van der Waals surface area contributed by atoms with E-state index in [1.807, 2.05) is 35.2 Å². The third-order valence-corrected chi connectivity index (χ3v) is 11.6. The zero-order chi connectivity index (χ0) is 34.8. The van der Waals surface area contributed by atoms with Crippen molar-refractivity contribution < 1.29 is 24.5 Å². The van der Waals surface area contributed by atoms with Gasteiger partial charge in [-0.25, -0.2) is 9.78 Å². The van der Waals surface area contributed by atoms with Crippen LogP contribution in [-0.4, -0.2) is 98.9 Å². The number of aliphatic hydroxyl groups is 2. The first-order chi connectivity index (χ1) is 24.5. The fourth-order valence-corrected chi connectivity index (χ4v) is 8.41. The average molecular weight is 702 g/mol. The number of carbonyl (C=O) groups is 1. The van der Waals surface area contributed by atoms with Gasteiger partial charge in [0.25, 0.3) is 0 Å². The maximum atomic E-state index is 13.1. The molecule has 3 aliphatic rings. The smallest absolute Gasteiger partial charge is 0.323 e. The van der Waals surface area contributed by atoms with Gasteiger partial charge in [-0.15, -0.1) is 0 Å². The normalized spacial score (nSPS) is 18.6. The summed E-state index contributed by atoms with van der Waals surface area (Å²) < 4.78 is 12.0. The van der Waals surface area contributed by atoms with Gasteiger partial charge >= 0.3 is 6.03 Å². The van der Waals surface area contributed by atoms with Crippen LogP contribution in [-0.2, 0) is 17.6 Å². The molecule has 0 bridgehead atoms. The summed E-state index contributed by atoms with van der Waals surface area (Å²) in [7, 11) is 1.64. The summed E-state index contributed by atoms with van der Waals surface area (Å²) in [5, 5.41) is 26.7. The summed E-state index contributed by atoms with van der Waals surface area (Å²) in [4.78, 5) is 21.9. The number of morpholine rings is 1. The Labute approximate surface area is 299 Å². The van der Waals surface area contributed by atoms with Crippen LogP contribution in [0.1, 0.15) is 36.8 Å². The maximum Gasteiger partial charge on any atom is 0.323 e.